The molecule has 0 unspecified atom stereocenters. The molecule has 0 atom stereocenters. The van der Waals surface area contributed by atoms with Crippen molar-refractivity contribution in [2.24, 2.45) is 5.16 Å². The second-order valence-corrected chi connectivity index (χ2v) is 1.95. The van der Waals surface area contributed by atoms with Crippen molar-refractivity contribution < 1.29 is 14.7 Å². The summed E-state index contributed by atoms with van der Waals surface area (Å²) in [4.78, 5) is 0. The highest BCUT2D eigenvalue weighted by molar-refractivity contribution is 5.82. The molecule has 4 heteroatoms. The number of phenolic OH excluding ortho intramolecular Hbond substituents is 1. The Morgan fingerprint density at radius 2 is 2.18 bits per heavy atom. The number of benzene rings is 1. The zero-order valence-electron chi connectivity index (χ0n) is 5.53. The molecule has 2 N–H and O–H groups in total. The van der Waals surface area contributed by atoms with Crippen LogP contribution in [0.1, 0.15) is 5.56 Å². The Labute approximate surface area is 62.4 Å². The number of phenols is 1. The van der Waals surface area contributed by atoms with Gasteiger partial charge in [-0.3, -0.25) is 0 Å². The largest absolute Gasteiger partial charge is 0.507 e. The number of hydrogen-bond acceptors (Lipinski definition) is 3. The highest BCUT2D eigenvalue weighted by Gasteiger charge is 1.98. The SMILES string of the molecule is O/N=C/c1cc(F)ccc1O. The van der Waals surface area contributed by atoms with Gasteiger partial charge in [-0.2, -0.15) is 0 Å². The first kappa shape index (κ1) is 7.53. The molecule has 0 bridgehead atoms. The monoisotopic (exact) mass is 155 g/mol. The summed E-state index contributed by atoms with van der Waals surface area (Å²) in [6, 6.07) is 3.37. The van der Waals surface area contributed by atoms with Gasteiger partial charge in [0.1, 0.15) is 11.6 Å². The number of aromatic hydroxyl groups is 1. The Balaban J connectivity index is 3.12. The maximum absolute atomic E-state index is 12.4. The van der Waals surface area contributed by atoms with Crippen LogP contribution in [-0.4, -0.2) is 16.5 Å². The Morgan fingerprint density at radius 3 is 2.82 bits per heavy atom. The molecule has 0 saturated heterocycles. The quantitative estimate of drug-likeness (QED) is 0.365. The zero-order chi connectivity index (χ0) is 8.27. The highest BCUT2D eigenvalue weighted by atomic mass is 19.1. The molecular weight excluding hydrogens is 149 g/mol. The molecule has 1 rings (SSSR count). The van der Waals surface area contributed by atoms with Crippen LogP contribution in [-0.2, 0) is 0 Å². The molecule has 0 aliphatic carbocycles. The summed E-state index contributed by atoms with van der Waals surface area (Å²) >= 11 is 0. The maximum atomic E-state index is 12.4. The Morgan fingerprint density at radius 1 is 1.45 bits per heavy atom. The van der Waals surface area contributed by atoms with E-state index in [1.165, 1.54) is 6.07 Å². The normalized spacial score (nSPS) is 10.6. The van der Waals surface area contributed by atoms with Gasteiger partial charge in [0.15, 0.2) is 0 Å². The second kappa shape index (κ2) is 3.01. The molecular formula is C7H6FNO2. The van der Waals surface area contributed by atoms with Crippen molar-refractivity contribution in [2.75, 3.05) is 0 Å². The van der Waals surface area contributed by atoms with Gasteiger partial charge in [-0.1, -0.05) is 5.16 Å². The van der Waals surface area contributed by atoms with Gasteiger partial charge in [-0.15, -0.1) is 0 Å². The van der Waals surface area contributed by atoms with Crippen LogP contribution in [0.15, 0.2) is 23.4 Å². The lowest BCUT2D eigenvalue weighted by Gasteiger charge is -1.95. The minimum atomic E-state index is -0.488. The molecule has 0 aliphatic rings. The molecule has 0 spiro atoms. The summed E-state index contributed by atoms with van der Waals surface area (Å²) in [6.07, 6.45) is 0.957. The average molecular weight is 155 g/mol. The molecule has 0 saturated carbocycles. The summed E-state index contributed by atoms with van der Waals surface area (Å²) in [5, 5.41) is 19.7. The van der Waals surface area contributed by atoms with Crippen molar-refractivity contribution in [3.05, 3.63) is 29.6 Å². The van der Waals surface area contributed by atoms with Crippen molar-refractivity contribution in [3.8, 4) is 5.75 Å². The minimum Gasteiger partial charge on any atom is -0.507 e. The lowest BCUT2D eigenvalue weighted by molar-refractivity contribution is 0.321. The van der Waals surface area contributed by atoms with E-state index in [4.69, 9.17) is 10.3 Å². The van der Waals surface area contributed by atoms with E-state index in [1.807, 2.05) is 0 Å². The Bertz CT molecular complexity index is 286. The van der Waals surface area contributed by atoms with E-state index >= 15 is 0 Å². The summed E-state index contributed by atoms with van der Waals surface area (Å²) in [7, 11) is 0. The third kappa shape index (κ3) is 1.67. The van der Waals surface area contributed by atoms with Crippen molar-refractivity contribution in [2.45, 2.75) is 0 Å². The van der Waals surface area contributed by atoms with Gasteiger partial charge in [0.05, 0.1) is 6.21 Å². The fourth-order valence-corrected chi connectivity index (χ4v) is 0.691. The van der Waals surface area contributed by atoms with E-state index < -0.39 is 5.82 Å². The van der Waals surface area contributed by atoms with Crippen LogP contribution >= 0.6 is 0 Å². The van der Waals surface area contributed by atoms with Gasteiger partial charge in [-0.25, -0.2) is 4.39 Å². The number of nitrogens with zero attached hydrogens (tertiary/aromatic N) is 1. The Hall–Kier alpha value is -1.58. The molecule has 58 valence electrons. The fourth-order valence-electron chi connectivity index (χ4n) is 0.691. The number of oxime groups is 1. The molecule has 11 heavy (non-hydrogen) atoms. The number of halogens is 1. The molecule has 0 radical (unpaired) electrons. The number of rotatable bonds is 1. The predicted molar refractivity (Wildman–Crippen MR) is 37.4 cm³/mol. The minimum absolute atomic E-state index is 0.121. The van der Waals surface area contributed by atoms with E-state index in [-0.39, 0.29) is 11.3 Å². The van der Waals surface area contributed by atoms with Crippen LogP contribution in [0.3, 0.4) is 0 Å². The smallest absolute Gasteiger partial charge is 0.124 e. The third-order valence-electron chi connectivity index (χ3n) is 1.19. The van der Waals surface area contributed by atoms with Crippen LogP contribution in [0.5, 0.6) is 5.75 Å². The van der Waals surface area contributed by atoms with Gasteiger partial charge in [0.25, 0.3) is 0 Å². The average Bonchev–Trinajstić information content (AvgIpc) is 1.98. The van der Waals surface area contributed by atoms with E-state index in [9.17, 15) is 4.39 Å². The van der Waals surface area contributed by atoms with E-state index in [2.05, 4.69) is 5.16 Å². The first-order valence-electron chi connectivity index (χ1n) is 2.90. The molecule has 1 aromatic rings. The van der Waals surface area contributed by atoms with Gasteiger partial charge in [0.2, 0.25) is 0 Å². The van der Waals surface area contributed by atoms with E-state index in [0.29, 0.717) is 0 Å². The van der Waals surface area contributed by atoms with Crippen molar-refractivity contribution in [1.82, 2.24) is 0 Å². The standard InChI is InChI=1S/C7H6FNO2/c8-6-1-2-7(10)5(3-6)4-9-11/h1-4,10-11H/b9-4+. The summed E-state index contributed by atoms with van der Waals surface area (Å²) in [5.74, 6) is -0.609. The van der Waals surface area contributed by atoms with E-state index in [1.54, 1.807) is 0 Å². The van der Waals surface area contributed by atoms with Crippen molar-refractivity contribution in [3.63, 3.8) is 0 Å². The molecule has 0 fully saturated rings. The highest BCUT2D eigenvalue weighted by Crippen LogP contribution is 2.15. The van der Waals surface area contributed by atoms with Gasteiger partial charge >= 0.3 is 0 Å². The topological polar surface area (TPSA) is 52.8 Å². The fraction of sp³-hybridized carbons (Fsp3) is 0. The van der Waals surface area contributed by atoms with Gasteiger partial charge in [0, 0.05) is 5.56 Å². The first-order valence-corrected chi connectivity index (χ1v) is 2.90. The molecule has 0 heterocycles. The molecule has 0 aliphatic heterocycles. The molecule has 3 nitrogen and oxygen atoms in total. The van der Waals surface area contributed by atoms with Crippen LogP contribution in [0.25, 0.3) is 0 Å². The maximum Gasteiger partial charge on any atom is 0.124 e. The van der Waals surface area contributed by atoms with Crippen LogP contribution < -0.4 is 0 Å². The third-order valence-corrected chi connectivity index (χ3v) is 1.19. The lowest BCUT2D eigenvalue weighted by Crippen LogP contribution is -1.83. The van der Waals surface area contributed by atoms with Gasteiger partial charge < -0.3 is 10.3 Å². The van der Waals surface area contributed by atoms with Crippen molar-refractivity contribution in [1.29, 1.82) is 0 Å². The first-order chi connectivity index (χ1) is 5.24. The van der Waals surface area contributed by atoms with Crippen molar-refractivity contribution >= 4 is 6.21 Å². The van der Waals surface area contributed by atoms with Crippen LogP contribution in [0.4, 0.5) is 4.39 Å². The molecule has 1 aromatic carbocycles. The lowest BCUT2D eigenvalue weighted by atomic mass is 10.2. The summed E-state index contributed by atoms with van der Waals surface area (Å²) in [6.45, 7) is 0. The predicted octanol–water partition coefficient (Wildman–Crippen LogP) is 1.34. The zero-order valence-corrected chi connectivity index (χ0v) is 5.53. The van der Waals surface area contributed by atoms with Gasteiger partial charge in [-0.05, 0) is 18.2 Å². The Kier molecular flexibility index (Phi) is 2.06. The van der Waals surface area contributed by atoms with E-state index in [0.717, 1.165) is 18.3 Å². The second-order valence-electron chi connectivity index (χ2n) is 1.95. The molecule has 0 aromatic heterocycles. The van der Waals surface area contributed by atoms with Crippen LogP contribution in [0, 0.1) is 5.82 Å². The molecule has 0 amide bonds. The van der Waals surface area contributed by atoms with Crippen LogP contribution in [0.2, 0.25) is 0 Å². The summed E-state index contributed by atoms with van der Waals surface area (Å²) < 4.78 is 12.4. The number of hydrogen-bond donors (Lipinski definition) is 2. The summed E-state index contributed by atoms with van der Waals surface area (Å²) in [5.41, 5.74) is 0.146.